The third-order valence-electron chi connectivity index (χ3n) is 4.21. The molecule has 5 nitrogen and oxygen atoms in total. The van der Waals surface area contributed by atoms with Gasteiger partial charge >= 0.3 is 12.4 Å². The van der Waals surface area contributed by atoms with Crippen LogP contribution in [0.4, 0.5) is 35.1 Å². The molecule has 2 aromatic rings. The van der Waals surface area contributed by atoms with E-state index in [4.69, 9.17) is 0 Å². The van der Waals surface area contributed by atoms with E-state index in [1.54, 1.807) is 0 Å². The van der Waals surface area contributed by atoms with Crippen LogP contribution in [0, 0.1) is 0 Å². The first kappa shape index (κ1) is 21.7. The lowest BCUT2D eigenvalue weighted by Crippen LogP contribution is -2.29. The van der Waals surface area contributed by atoms with Gasteiger partial charge in [-0.25, -0.2) is 18.4 Å². The molecule has 162 valence electrons. The molecule has 3 rings (SSSR count). The van der Waals surface area contributed by atoms with Crippen molar-refractivity contribution < 1.29 is 39.9 Å². The van der Waals surface area contributed by atoms with E-state index < -0.39 is 59.7 Å². The molecule has 1 aromatic carbocycles. The highest BCUT2D eigenvalue weighted by Crippen LogP contribution is 2.38. The maximum Gasteiger partial charge on any atom is 0.416 e. The first-order chi connectivity index (χ1) is 13.7. The molecule has 30 heavy (non-hydrogen) atoms. The normalized spacial score (nSPS) is 17.1. The Morgan fingerprint density at radius 3 is 2.13 bits per heavy atom. The van der Waals surface area contributed by atoms with E-state index >= 15 is 0 Å². The second-order valence-corrected chi connectivity index (χ2v) is 6.52. The number of nitrogens with zero attached hydrogens (tertiary/aromatic N) is 4. The standard InChI is InChI=1S/C17H12F8N4O/c18-15(19)2-4-28(8-15)13(30)1-3-29-9-26-14(27-29)10-5-11(16(20,21)22)7-12(6-10)17(23,24)25/h1,3,5-7,9H,2,4,8H2/b3-1-. The molecule has 1 saturated heterocycles. The lowest BCUT2D eigenvalue weighted by molar-refractivity contribution is -0.143. The Kier molecular flexibility index (Phi) is 5.33. The number of carbonyl (C=O) groups excluding carboxylic acids is 1. The maximum absolute atomic E-state index is 13.1. The molecule has 1 aromatic heterocycles. The molecule has 13 heteroatoms. The van der Waals surface area contributed by atoms with Crippen LogP contribution in [0.3, 0.4) is 0 Å². The van der Waals surface area contributed by atoms with Crippen molar-refractivity contribution in [2.75, 3.05) is 13.1 Å². The summed E-state index contributed by atoms with van der Waals surface area (Å²) in [6.07, 6.45) is -7.67. The predicted molar refractivity (Wildman–Crippen MR) is 86.9 cm³/mol. The lowest BCUT2D eigenvalue weighted by atomic mass is 10.0. The SMILES string of the molecule is O=C(/C=C\n1cnc(-c2cc(C(F)(F)F)cc(C(F)(F)F)c2)n1)N1CCC(F)(F)C1. The number of amides is 1. The van der Waals surface area contributed by atoms with E-state index in [0.29, 0.717) is 12.1 Å². The van der Waals surface area contributed by atoms with Crippen LogP contribution in [0.25, 0.3) is 17.6 Å². The zero-order chi connectivity index (χ0) is 22.3. The van der Waals surface area contributed by atoms with Gasteiger partial charge in [-0.05, 0) is 18.2 Å². The van der Waals surface area contributed by atoms with Crippen molar-refractivity contribution in [2.24, 2.45) is 0 Å². The maximum atomic E-state index is 13.1. The summed E-state index contributed by atoms with van der Waals surface area (Å²) < 4.78 is 105. The Morgan fingerprint density at radius 1 is 1.03 bits per heavy atom. The average Bonchev–Trinajstić information content (AvgIpc) is 3.24. The molecule has 0 radical (unpaired) electrons. The number of aromatic nitrogens is 3. The highest BCUT2D eigenvalue weighted by molar-refractivity contribution is 5.90. The highest BCUT2D eigenvalue weighted by Gasteiger charge is 2.40. The molecule has 2 heterocycles. The lowest BCUT2D eigenvalue weighted by Gasteiger charge is -2.13. The number of likely N-dealkylation sites (tertiary alicyclic amines) is 1. The number of rotatable bonds is 3. The number of hydrogen-bond acceptors (Lipinski definition) is 3. The third kappa shape index (κ3) is 4.94. The molecule has 0 unspecified atom stereocenters. The fraction of sp³-hybridized carbons (Fsp3) is 0.353. The number of alkyl halides is 8. The van der Waals surface area contributed by atoms with Gasteiger partial charge in [-0.1, -0.05) is 0 Å². The first-order valence-corrected chi connectivity index (χ1v) is 8.31. The molecule has 0 aliphatic carbocycles. The molecule has 1 aliphatic rings. The van der Waals surface area contributed by atoms with Crippen molar-refractivity contribution in [1.29, 1.82) is 0 Å². The number of halogens is 8. The number of hydrogen-bond donors (Lipinski definition) is 0. The van der Waals surface area contributed by atoms with Crippen LogP contribution < -0.4 is 0 Å². The summed E-state index contributed by atoms with van der Waals surface area (Å²) in [4.78, 5) is 16.4. The van der Waals surface area contributed by atoms with Crippen molar-refractivity contribution in [3.8, 4) is 11.4 Å². The van der Waals surface area contributed by atoms with Crippen LogP contribution in [0.15, 0.2) is 30.6 Å². The van der Waals surface area contributed by atoms with Gasteiger partial charge in [0.25, 0.3) is 5.92 Å². The summed E-state index contributed by atoms with van der Waals surface area (Å²) in [6.45, 7) is -0.896. The molecule has 1 fully saturated rings. The Balaban J connectivity index is 1.84. The van der Waals surface area contributed by atoms with Crippen LogP contribution in [-0.4, -0.2) is 44.6 Å². The van der Waals surface area contributed by atoms with Gasteiger partial charge in [0.1, 0.15) is 6.33 Å². The summed E-state index contributed by atoms with van der Waals surface area (Å²) in [7, 11) is 0. The van der Waals surface area contributed by atoms with E-state index in [-0.39, 0.29) is 12.6 Å². The van der Waals surface area contributed by atoms with Crippen LogP contribution in [-0.2, 0) is 17.1 Å². The summed E-state index contributed by atoms with van der Waals surface area (Å²) in [5.74, 6) is -4.18. The van der Waals surface area contributed by atoms with Gasteiger partial charge in [0.2, 0.25) is 5.91 Å². The summed E-state index contributed by atoms with van der Waals surface area (Å²) in [6, 6.07) is 0.914. The quantitative estimate of drug-likeness (QED) is 0.528. The van der Waals surface area contributed by atoms with Gasteiger partial charge in [-0.15, -0.1) is 5.10 Å². The highest BCUT2D eigenvalue weighted by atomic mass is 19.4. The minimum Gasteiger partial charge on any atom is -0.333 e. The molecule has 1 amide bonds. The minimum absolute atomic E-state index is 0.0229. The first-order valence-electron chi connectivity index (χ1n) is 8.31. The van der Waals surface area contributed by atoms with Crippen LogP contribution in [0.5, 0.6) is 0 Å². The van der Waals surface area contributed by atoms with E-state index in [1.165, 1.54) is 0 Å². The third-order valence-corrected chi connectivity index (χ3v) is 4.21. The van der Waals surface area contributed by atoms with Gasteiger partial charge in [0.05, 0.1) is 17.7 Å². The number of carbonyl (C=O) groups is 1. The van der Waals surface area contributed by atoms with E-state index in [1.807, 2.05) is 0 Å². The van der Waals surface area contributed by atoms with Gasteiger partial charge in [0, 0.05) is 30.8 Å². The van der Waals surface area contributed by atoms with E-state index in [2.05, 4.69) is 10.1 Å². The molecular formula is C17H12F8N4O. The minimum atomic E-state index is -5.03. The van der Waals surface area contributed by atoms with E-state index in [0.717, 1.165) is 28.2 Å². The Morgan fingerprint density at radius 2 is 1.63 bits per heavy atom. The molecule has 0 bridgehead atoms. The molecule has 0 N–H and O–H groups in total. The topological polar surface area (TPSA) is 51.0 Å². The molecule has 0 saturated carbocycles. The Bertz CT molecular complexity index is 945. The van der Waals surface area contributed by atoms with E-state index in [9.17, 15) is 39.9 Å². The molecule has 1 aliphatic heterocycles. The predicted octanol–water partition coefficient (Wildman–Crippen LogP) is 4.32. The zero-order valence-electron chi connectivity index (χ0n) is 14.8. The Labute approximate surface area is 163 Å². The van der Waals surface area contributed by atoms with Crippen molar-refractivity contribution in [2.45, 2.75) is 24.7 Å². The smallest absolute Gasteiger partial charge is 0.333 e. The summed E-state index contributed by atoms with van der Waals surface area (Å²) in [5.41, 5.74) is -3.58. The van der Waals surface area contributed by atoms with Crippen molar-refractivity contribution >= 4 is 12.1 Å². The van der Waals surface area contributed by atoms with Gasteiger partial charge in [-0.3, -0.25) is 4.79 Å². The molecule has 0 atom stereocenters. The van der Waals surface area contributed by atoms with Crippen molar-refractivity contribution in [1.82, 2.24) is 19.7 Å². The molecular weight excluding hydrogens is 428 g/mol. The number of benzene rings is 1. The average molecular weight is 440 g/mol. The monoisotopic (exact) mass is 440 g/mol. The summed E-state index contributed by atoms with van der Waals surface area (Å²) in [5, 5.41) is 3.72. The second kappa shape index (κ2) is 7.36. The van der Waals surface area contributed by atoms with Gasteiger partial charge in [0.15, 0.2) is 5.82 Å². The largest absolute Gasteiger partial charge is 0.416 e. The fourth-order valence-corrected chi connectivity index (χ4v) is 2.73. The zero-order valence-corrected chi connectivity index (χ0v) is 14.8. The van der Waals surface area contributed by atoms with Crippen LogP contribution in [0.2, 0.25) is 0 Å². The van der Waals surface area contributed by atoms with Crippen LogP contribution >= 0.6 is 0 Å². The Hall–Kier alpha value is -2.99. The second-order valence-electron chi connectivity index (χ2n) is 6.52. The van der Waals surface area contributed by atoms with Crippen LogP contribution in [0.1, 0.15) is 17.5 Å². The van der Waals surface area contributed by atoms with Gasteiger partial charge < -0.3 is 4.90 Å². The fourth-order valence-electron chi connectivity index (χ4n) is 2.73. The van der Waals surface area contributed by atoms with Gasteiger partial charge in [-0.2, -0.15) is 26.3 Å². The summed E-state index contributed by atoms with van der Waals surface area (Å²) >= 11 is 0. The van der Waals surface area contributed by atoms with Crippen molar-refractivity contribution in [3.05, 3.63) is 41.7 Å². The molecule has 0 spiro atoms. The van der Waals surface area contributed by atoms with Crippen molar-refractivity contribution in [3.63, 3.8) is 0 Å².